The lowest BCUT2D eigenvalue weighted by Crippen LogP contribution is -2.44. The van der Waals surface area contributed by atoms with Gasteiger partial charge in [-0.15, -0.1) is 0 Å². The molecule has 1 heterocycles. The molecule has 1 saturated carbocycles. The lowest BCUT2D eigenvalue weighted by atomic mass is 9.92. The number of nitriles is 2. The van der Waals surface area contributed by atoms with Crippen LogP contribution in [0.15, 0.2) is 23.2 Å². The molecule has 29 heavy (non-hydrogen) atoms. The highest BCUT2D eigenvalue weighted by Crippen LogP contribution is 2.82. The molecule has 1 fully saturated rings. The molecule has 0 spiro atoms. The third-order valence-corrected chi connectivity index (χ3v) is 6.25. The standard InChI is InChI=1S/C23H30N4O2/c1-5-7-11-28-23(29-12-8-6-2)22(15-25)19(21(22,14-24)20(26)27-23)18-10-9-16(3)13-17(18)4/h9-10,13,19H,5-8,11-12H2,1-4H3,(H2,26,27). The summed E-state index contributed by atoms with van der Waals surface area (Å²) in [5.41, 5.74) is 6.89. The normalized spacial score (nSPS) is 28.9. The molecule has 1 aliphatic heterocycles. The van der Waals surface area contributed by atoms with Crippen LogP contribution >= 0.6 is 0 Å². The minimum Gasteiger partial charge on any atom is -0.386 e. The van der Waals surface area contributed by atoms with E-state index in [0.717, 1.165) is 42.4 Å². The molecule has 6 nitrogen and oxygen atoms in total. The number of amidine groups is 1. The van der Waals surface area contributed by atoms with E-state index in [1.54, 1.807) is 0 Å². The van der Waals surface area contributed by atoms with Crippen molar-refractivity contribution in [2.45, 2.75) is 65.2 Å². The molecule has 0 aromatic heterocycles. The van der Waals surface area contributed by atoms with Crippen molar-refractivity contribution in [3.05, 3.63) is 34.9 Å². The largest absolute Gasteiger partial charge is 0.386 e. The Morgan fingerprint density at radius 2 is 1.69 bits per heavy atom. The van der Waals surface area contributed by atoms with Crippen molar-refractivity contribution < 1.29 is 9.47 Å². The second-order valence-corrected chi connectivity index (χ2v) is 8.12. The van der Waals surface area contributed by atoms with Crippen molar-refractivity contribution in [3.63, 3.8) is 0 Å². The number of hydrogen-bond donors (Lipinski definition) is 1. The molecule has 6 heteroatoms. The van der Waals surface area contributed by atoms with Gasteiger partial charge < -0.3 is 15.2 Å². The van der Waals surface area contributed by atoms with Crippen molar-refractivity contribution in [3.8, 4) is 12.1 Å². The van der Waals surface area contributed by atoms with Gasteiger partial charge in [-0.3, -0.25) is 0 Å². The molecule has 0 saturated heterocycles. The highest BCUT2D eigenvalue weighted by Gasteiger charge is 2.93. The van der Waals surface area contributed by atoms with Crippen molar-refractivity contribution in [1.82, 2.24) is 0 Å². The highest BCUT2D eigenvalue weighted by molar-refractivity contribution is 6.00. The van der Waals surface area contributed by atoms with Gasteiger partial charge in [0.25, 0.3) is 5.91 Å². The number of fused-ring (bicyclic) bond motifs is 1. The molecule has 2 N–H and O–H groups in total. The molecular formula is C23H30N4O2. The lowest BCUT2D eigenvalue weighted by molar-refractivity contribution is -0.260. The van der Waals surface area contributed by atoms with Crippen LogP contribution < -0.4 is 5.73 Å². The first-order chi connectivity index (χ1) is 13.9. The molecule has 1 aromatic carbocycles. The molecule has 0 radical (unpaired) electrons. The number of nitrogens with two attached hydrogens (primary N) is 1. The number of hydrogen-bond acceptors (Lipinski definition) is 6. The first-order valence-electron chi connectivity index (χ1n) is 10.4. The number of aliphatic imine (C=N–C) groups is 1. The summed E-state index contributed by atoms with van der Waals surface area (Å²) in [7, 11) is 0. The first kappa shape index (κ1) is 21.3. The van der Waals surface area contributed by atoms with E-state index in [9.17, 15) is 10.5 Å². The third-order valence-electron chi connectivity index (χ3n) is 6.25. The van der Waals surface area contributed by atoms with Crippen LogP contribution in [0, 0.1) is 47.3 Å². The predicted octanol–water partition coefficient (Wildman–Crippen LogP) is 4.08. The van der Waals surface area contributed by atoms with Crippen LogP contribution in [-0.2, 0) is 9.47 Å². The molecular weight excluding hydrogens is 364 g/mol. The topological polar surface area (TPSA) is 104 Å². The van der Waals surface area contributed by atoms with E-state index in [1.807, 2.05) is 26.0 Å². The fraction of sp³-hybridized carbons (Fsp3) is 0.609. The van der Waals surface area contributed by atoms with Crippen LogP contribution in [-0.4, -0.2) is 25.0 Å². The summed E-state index contributed by atoms with van der Waals surface area (Å²) in [6.45, 7) is 8.93. The number of ether oxygens (including phenoxy) is 2. The van der Waals surface area contributed by atoms with E-state index >= 15 is 0 Å². The number of rotatable bonds is 9. The quantitative estimate of drug-likeness (QED) is 0.502. The van der Waals surface area contributed by atoms with Crippen molar-refractivity contribution >= 4 is 5.84 Å². The van der Waals surface area contributed by atoms with Gasteiger partial charge in [0, 0.05) is 5.92 Å². The Labute approximate surface area is 173 Å². The van der Waals surface area contributed by atoms with Gasteiger partial charge in [0.2, 0.25) is 0 Å². The minimum atomic E-state index is -1.55. The molecule has 0 amide bonds. The second kappa shape index (κ2) is 7.78. The third kappa shape index (κ3) is 2.78. The molecule has 3 atom stereocenters. The monoisotopic (exact) mass is 394 g/mol. The number of aryl methyl sites for hydroxylation is 2. The Hall–Kier alpha value is -2.41. The maximum absolute atomic E-state index is 10.4. The van der Waals surface area contributed by atoms with Gasteiger partial charge in [0.1, 0.15) is 11.3 Å². The summed E-state index contributed by atoms with van der Waals surface area (Å²) in [5.74, 6) is -1.85. The Kier molecular flexibility index (Phi) is 5.72. The second-order valence-electron chi connectivity index (χ2n) is 8.12. The molecule has 2 aliphatic rings. The summed E-state index contributed by atoms with van der Waals surface area (Å²) in [6, 6.07) is 10.8. The Morgan fingerprint density at radius 3 is 2.17 bits per heavy atom. The molecule has 3 rings (SSSR count). The predicted molar refractivity (Wildman–Crippen MR) is 111 cm³/mol. The summed E-state index contributed by atoms with van der Waals surface area (Å²) in [5, 5.41) is 20.6. The molecule has 1 aromatic rings. The average molecular weight is 395 g/mol. The number of nitrogens with zero attached hydrogens (tertiary/aromatic N) is 3. The molecule has 1 aliphatic carbocycles. The zero-order valence-electron chi connectivity index (χ0n) is 17.8. The number of unbranched alkanes of at least 4 members (excludes halogenated alkanes) is 2. The van der Waals surface area contributed by atoms with Gasteiger partial charge in [-0.25, -0.2) is 4.99 Å². The van der Waals surface area contributed by atoms with Crippen molar-refractivity contribution in [1.29, 1.82) is 10.5 Å². The Balaban J connectivity index is 2.13. The highest BCUT2D eigenvalue weighted by atomic mass is 16.7. The van der Waals surface area contributed by atoms with E-state index < -0.39 is 22.7 Å². The van der Waals surface area contributed by atoms with Gasteiger partial charge >= 0.3 is 0 Å². The smallest absolute Gasteiger partial charge is 0.293 e. The molecule has 3 unspecified atom stereocenters. The lowest BCUT2D eigenvalue weighted by Gasteiger charge is -2.33. The van der Waals surface area contributed by atoms with Crippen molar-refractivity contribution in [2.24, 2.45) is 21.6 Å². The summed E-state index contributed by atoms with van der Waals surface area (Å²) in [6.07, 6.45) is 3.49. The number of benzene rings is 1. The van der Waals surface area contributed by atoms with Crippen molar-refractivity contribution in [2.75, 3.05) is 13.2 Å². The van der Waals surface area contributed by atoms with Crippen LogP contribution in [0.4, 0.5) is 0 Å². The maximum Gasteiger partial charge on any atom is 0.293 e. The van der Waals surface area contributed by atoms with E-state index in [-0.39, 0.29) is 5.84 Å². The zero-order valence-corrected chi connectivity index (χ0v) is 17.8. The Morgan fingerprint density at radius 1 is 1.07 bits per heavy atom. The van der Waals surface area contributed by atoms with E-state index in [2.05, 4.69) is 37.0 Å². The molecule has 154 valence electrons. The summed E-state index contributed by atoms with van der Waals surface area (Å²) in [4.78, 5) is 4.51. The van der Waals surface area contributed by atoms with E-state index in [4.69, 9.17) is 15.2 Å². The first-order valence-corrected chi connectivity index (χ1v) is 10.4. The van der Waals surface area contributed by atoms with Crippen LogP contribution in [0.2, 0.25) is 0 Å². The average Bonchev–Trinajstić information content (AvgIpc) is 3.26. The SMILES string of the molecule is CCCCOC1(OCCCC)N=C(N)C2(C#N)C(c3ccc(C)cc3C)C12C#N. The van der Waals surface area contributed by atoms with Crippen LogP contribution in [0.5, 0.6) is 0 Å². The fourth-order valence-corrected chi connectivity index (χ4v) is 4.68. The van der Waals surface area contributed by atoms with Crippen LogP contribution in [0.25, 0.3) is 0 Å². The van der Waals surface area contributed by atoms with Crippen LogP contribution in [0.1, 0.15) is 62.1 Å². The summed E-state index contributed by atoms with van der Waals surface area (Å²) < 4.78 is 12.4. The van der Waals surface area contributed by atoms with Gasteiger partial charge in [-0.05, 0) is 37.8 Å². The minimum absolute atomic E-state index is 0.138. The maximum atomic E-state index is 10.4. The van der Waals surface area contributed by atoms with E-state index in [1.165, 1.54) is 0 Å². The van der Waals surface area contributed by atoms with Gasteiger partial charge in [0.15, 0.2) is 5.41 Å². The Bertz CT molecular complexity index is 887. The van der Waals surface area contributed by atoms with Gasteiger partial charge in [-0.2, -0.15) is 10.5 Å². The van der Waals surface area contributed by atoms with E-state index in [0.29, 0.717) is 13.2 Å². The van der Waals surface area contributed by atoms with Crippen LogP contribution in [0.3, 0.4) is 0 Å². The molecule has 0 bridgehead atoms. The van der Waals surface area contributed by atoms with Gasteiger partial charge in [0.05, 0.1) is 25.4 Å². The fourth-order valence-electron chi connectivity index (χ4n) is 4.68. The van der Waals surface area contributed by atoms with Gasteiger partial charge in [-0.1, -0.05) is 50.5 Å². The summed E-state index contributed by atoms with van der Waals surface area (Å²) >= 11 is 0. The zero-order chi connectivity index (χ0) is 21.3.